The predicted molar refractivity (Wildman–Crippen MR) is 113 cm³/mol. The molecule has 0 aliphatic rings. The maximum absolute atomic E-state index is 2.61. The first kappa shape index (κ1) is 17.7. The lowest BCUT2D eigenvalue weighted by Crippen LogP contribution is -2.29. The first-order chi connectivity index (χ1) is 12.3. The van der Waals surface area contributed by atoms with Crippen molar-refractivity contribution in [3.05, 3.63) is 90.5 Å². The topological polar surface area (TPSA) is 3.24 Å². The van der Waals surface area contributed by atoms with Gasteiger partial charge in [-0.1, -0.05) is 91.7 Å². The van der Waals surface area contributed by atoms with Crippen molar-refractivity contribution >= 4 is 24.4 Å². The van der Waals surface area contributed by atoms with E-state index in [0.717, 1.165) is 6.54 Å². The van der Waals surface area contributed by atoms with Crippen molar-refractivity contribution in [3.8, 4) is 0 Å². The minimum absolute atomic E-state index is 0.579. The summed E-state index contributed by atoms with van der Waals surface area (Å²) in [5.41, 5.74) is 2.63. The van der Waals surface area contributed by atoms with Gasteiger partial charge in [0.25, 0.3) is 0 Å². The van der Waals surface area contributed by atoms with Crippen LogP contribution in [0.1, 0.15) is 25.3 Å². The van der Waals surface area contributed by atoms with E-state index >= 15 is 0 Å². The SMILES string of the molecule is CCCCN(c1ccc(C)cc1)P(c1ccccc1)c1ccccc1. The summed E-state index contributed by atoms with van der Waals surface area (Å²) < 4.78 is 2.61. The molecule has 0 fully saturated rings. The molecule has 0 atom stereocenters. The lowest BCUT2D eigenvalue weighted by atomic mass is 10.2. The summed E-state index contributed by atoms with van der Waals surface area (Å²) in [7, 11) is -0.579. The summed E-state index contributed by atoms with van der Waals surface area (Å²) in [6, 6.07) is 30.9. The third-order valence-electron chi connectivity index (χ3n) is 4.30. The van der Waals surface area contributed by atoms with Crippen LogP contribution >= 0.6 is 8.07 Å². The van der Waals surface area contributed by atoms with Gasteiger partial charge in [0.15, 0.2) is 0 Å². The first-order valence-corrected chi connectivity index (χ1v) is 10.3. The summed E-state index contributed by atoms with van der Waals surface area (Å²) in [6.45, 7) is 5.49. The molecular formula is C23H26NP. The van der Waals surface area contributed by atoms with Crippen molar-refractivity contribution in [3.63, 3.8) is 0 Å². The highest BCUT2D eigenvalue weighted by atomic mass is 31.1. The van der Waals surface area contributed by atoms with Gasteiger partial charge in [-0.2, -0.15) is 0 Å². The Kier molecular flexibility index (Phi) is 6.25. The van der Waals surface area contributed by atoms with Gasteiger partial charge in [-0.3, -0.25) is 0 Å². The molecule has 0 saturated heterocycles. The molecule has 0 unspecified atom stereocenters. The van der Waals surface area contributed by atoms with Gasteiger partial charge in [0.05, 0.1) is 8.07 Å². The number of hydrogen-bond donors (Lipinski definition) is 0. The Morgan fingerprint density at radius 2 is 1.24 bits per heavy atom. The first-order valence-electron chi connectivity index (χ1n) is 9.04. The zero-order chi connectivity index (χ0) is 17.5. The monoisotopic (exact) mass is 347 g/mol. The van der Waals surface area contributed by atoms with Crippen molar-refractivity contribution < 1.29 is 0 Å². The molecule has 25 heavy (non-hydrogen) atoms. The van der Waals surface area contributed by atoms with Crippen LogP contribution in [-0.2, 0) is 0 Å². The van der Waals surface area contributed by atoms with E-state index in [1.165, 1.54) is 34.7 Å². The van der Waals surface area contributed by atoms with Crippen LogP contribution in [0, 0.1) is 6.92 Å². The second-order valence-corrected chi connectivity index (χ2v) is 8.43. The van der Waals surface area contributed by atoms with E-state index in [4.69, 9.17) is 0 Å². The quantitative estimate of drug-likeness (QED) is 0.499. The predicted octanol–water partition coefficient (Wildman–Crippen LogP) is 5.65. The number of hydrogen-bond acceptors (Lipinski definition) is 1. The zero-order valence-electron chi connectivity index (χ0n) is 15.1. The Bertz CT molecular complexity index is 714. The molecule has 2 heteroatoms. The molecule has 0 N–H and O–H groups in total. The summed E-state index contributed by atoms with van der Waals surface area (Å²) >= 11 is 0. The number of aryl methyl sites for hydroxylation is 1. The van der Waals surface area contributed by atoms with E-state index in [2.05, 4.69) is 103 Å². The molecule has 0 heterocycles. The molecule has 0 aliphatic carbocycles. The van der Waals surface area contributed by atoms with Gasteiger partial charge in [0, 0.05) is 22.8 Å². The fourth-order valence-electron chi connectivity index (χ4n) is 2.94. The number of unbranched alkanes of at least 4 members (excludes halogenated alkanes) is 1. The second kappa shape index (κ2) is 8.83. The normalized spacial score (nSPS) is 10.8. The fraction of sp³-hybridized carbons (Fsp3) is 0.217. The lowest BCUT2D eigenvalue weighted by Gasteiger charge is -2.34. The standard InChI is InChI=1S/C23H26NP/c1-3-4-19-24(21-17-15-20(2)16-18-21)25(22-11-7-5-8-12-22)23-13-9-6-10-14-23/h5-18H,3-4,19H2,1-2H3. The van der Waals surface area contributed by atoms with Crippen molar-refractivity contribution in [2.45, 2.75) is 26.7 Å². The molecule has 3 aromatic carbocycles. The van der Waals surface area contributed by atoms with Crippen molar-refractivity contribution in [2.75, 3.05) is 11.2 Å². The smallest absolute Gasteiger partial charge is 0.0550 e. The average Bonchev–Trinajstić information content (AvgIpc) is 2.67. The number of benzene rings is 3. The number of rotatable bonds is 7. The third kappa shape index (κ3) is 4.50. The number of nitrogens with zero attached hydrogens (tertiary/aromatic N) is 1. The Labute approximate surface area is 153 Å². The molecule has 1 nitrogen and oxygen atoms in total. The summed E-state index contributed by atoms with van der Waals surface area (Å²) in [5.74, 6) is 0. The lowest BCUT2D eigenvalue weighted by molar-refractivity contribution is 0.806. The van der Waals surface area contributed by atoms with Gasteiger partial charge >= 0.3 is 0 Å². The van der Waals surface area contributed by atoms with Gasteiger partial charge in [-0.05, 0) is 25.5 Å². The number of anilines is 1. The van der Waals surface area contributed by atoms with E-state index in [0.29, 0.717) is 0 Å². The average molecular weight is 347 g/mol. The fourth-order valence-corrected chi connectivity index (χ4v) is 5.41. The van der Waals surface area contributed by atoms with Crippen LogP contribution in [0.5, 0.6) is 0 Å². The molecule has 0 amide bonds. The van der Waals surface area contributed by atoms with Gasteiger partial charge in [-0.25, -0.2) is 0 Å². The van der Waals surface area contributed by atoms with Gasteiger partial charge in [-0.15, -0.1) is 0 Å². The van der Waals surface area contributed by atoms with E-state index < -0.39 is 8.07 Å². The Balaban J connectivity index is 2.07. The molecular weight excluding hydrogens is 321 g/mol. The van der Waals surface area contributed by atoms with Crippen molar-refractivity contribution in [2.24, 2.45) is 0 Å². The highest BCUT2D eigenvalue weighted by Gasteiger charge is 2.22. The van der Waals surface area contributed by atoms with Crippen LogP contribution in [0.15, 0.2) is 84.9 Å². The van der Waals surface area contributed by atoms with Gasteiger partial charge < -0.3 is 4.67 Å². The van der Waals surface area contributed by atoms with Crippen LogP contribution in [0.2, 0.25) is 0 Å². The Morgan fingerprint density at radius 1 is 0.720 bits per heavy atom. The molecule has 0 saturated carbocycles. The molecule has 0 aromatic heterocycles. The molecule has 0 radical (unpaired) electrons. The molecule has 3 aromatic rings. The van der Waals surface area contributed by atoms with Gasteiger partial charge in [0.2, 0.25) is 0 Å². The van der Waals surface area contributed by atoms with E-state index in [1.807, 2.05) is 0 Å². The minimum Gasteiger partial charge on any atom is -0.343 e. The Morgan fingerprint density at radius 3 is 1.72 bits per heavy atom. The van der Waals surface area contributed by atoms with Gasteiger partial charge in [0.1, 0.15) is 0 Å². The highest BCUT2D eigenvalue weighted by Crippen LogP contribution is 2.42. The maximum Gasteiger partial charge on any atom is 0.0550 e. The maximum atomic E-state index is 2.61. The van der Waals surface area contributed by atoms with Crippen LogP contribution in [0.25, 0.3) is 0 Å². The van der Waals surface area contributed by atoms with Crippen molar-refractivity contribution in [1.29, 1.82) is 0 Å². The third-order valence-corrected chi connectivity index (χ3v) is 6.79. The van der Waals surface area contributed by atoms with Crippen LogP contribution in [0.3, 0.4) is 0 Å². The Hall–Kier alpha value is -2.11. The van der Waals surface area contributed by atoms with Crippen LogP contribution in [-0.4, -0.2) is 6.54 Å². The largest absolute Gasteiger partial charge is 0.343 e. The summed E-state index contributed by atoms with van der Waals surface area (Å²) in [5, 5.41) is 2.81. The van der Waals surface area contributed by atoms with E-state index in [-0.39, 0.29) is 0 Å². The van der Waals surface area contributed by atoms with Crippen LogP contribution in [0.4, 0.5) is 5.69 Å². The summed E-state index contributed by atoms with van der Waals surface area (Å²) in [4.78, 5) is 0. The second-order valence-electron chi connectivity index (χ2n) is 6.30. The molecule has 0 aliphatic heterocycles. The molecule has 128 valence electrons. The van der Waals surface area contributed by atoms with Crippen molar-refractivity contribution in [1.82, 2.24) is 0 Å². The minimum atomic E-state index is -0.579. The molecule has 0 spiro atoms. The van der Waals surface area contributed by atoms with E-state index in [1.54, 1.807) is 0 Å². The van der Waals surface area contributed by atoms with E-state index in [9.17, 15) is 0 Å². The summed E-state index contributed by atoms with van der Waals surface area (Å²) in [6.07, 6.45) is 2.40. The highest BCUT2D eigenvalue weighted by molar-refractivity contribution is 7.74. The molecule has 0 bridgehead atoms. The zero-order valence-corrected chi connectivity index (χ0v) is 16.0. The van der Waals surface area contributed by atoms with Crippen LogP contribution < -0.4 is 15.3 Å². The molecule has 3 rings (SSSR count).